The van der Waals surface area contributed by atoms with Gasteiger partial charge in [-0.15, -0.1) is 0 Å². The number of benzene rings is 1. The van der Waals surface area contributed by atoms with Gasteiger partial charge in [0, 0.05) is 17.8 Å². The zero-order valence-corrected chi connectivity index (χ0v) is 21.2. The largest absolute Gasteiger partial charge is 0.481 e. The van der Waals surface area contributed by atoms with E-state index in [0.717, 1.165) is 16.7 Å². The predicted molar refractivity (Wildman–Crippen MR) is 129 cm³/mol. The highest BCUT2D eigenvalue weighted by Crippen LogP contribution is 2.70. The van der Waals surface area contributed by atoms with E-state index >= 15 is 8.78 Å². The monoisotopic (exact) mass is 538 g/mol. The van der Waals surface area contributed by atoms with Crippen molar-refractivity contribution < 1.29 is 41.8 Å². The van der Waals surface area contributed by atoms with Crippen molar-refractivity contribution in [2.75, 3.05) is 0 Å². The molecule has 4 nitrogen and oxygen atoms in total. The van der Waals surface area contributed by atoms with E-state index in [-0.39, 0.29) is 24.5 Å². The maximum absolute atomic E-state index is 15.0. The summed E-state index contributed by atoms with van der Waals surface area (Å²) < 4.78 is 71.0. The van der Waals surface area contributed by atoms with Crippen molar-refractivity contribution in [3.8, 4) is 0 Å². The van der Waals surface area contributed by atoms with Crippen molar-refractivity contribution in [3.63, 3.8) is 0 Å². The average Bonchev–Trinajstić information content (AvgIpc) is 3.13. The highest BCUT2D eigenvalue weighted by molar-refractivity contribution is 5.93. The maximum atomic E-state index is 15.0. The number of carbonyl (C=O) groups is 2. The number of rotatable bonds is 4. The Morgan fingerprint density at radius 3 is 2.32 bits per heavy atom. The number of halogens is 5. The van der Waals surface area contributed by atoms with Gasteiger partial charge in [-0.1, -0.05) is 36.8 Å². The normalized spacial score (nSPS) is 34.3. The molecular formula is C29H31F5O4. The van der Waals surface area contributed by atoms with E-state index in [1.165, 1.54) is 6.92 Å². The third kappa shape index (κ3) is 3.71. The van der Waals surface area contributed by atoms with Crippen molar-refractivity contribution in [3.05, 3.63) is 58.2 Å². The van der Waals surface area contributed by atoms with Gasteiger partial charge in [0.15, 0.2) is 5.78 Å². The Morgan fingerprint density at radius 2 is 1.71 bits per heavy atom. The van der Waals surface area contributed by atoms with Crippen LogP contribution in [0, 0.1) is 17.3 Å². The molecule has 0 saturated heterocycles. The second-order valence-electron chi connectivity index (χ2n) is 11.7. The summed E-state index contributed by atoms with van der Waals surface area (Å²) in [6.07, 6.45) is -3.11. The van der Waals surface area contributed by atoms with Crippen LogP contribution in [0.15, 0.2) is 47.1 Å². The molecule has 206 valence electrons. The molecule has 0 amide bonds. The lowest BCUT2D eigenvalue weighted by Gasteiger charge is -2.56. The Morgan fingerprint density at radius 1 is 1.05 bits per heavy atom. The minimum absolute atomic E-state index is 0.0204. The maximum Gasteiger partial charge on any atom is 0.456 e. The van der Waals surface area contributed by atoms with Gasteiger partial charge in [-0.3, -0.25) is 9.59 Å². The summed E-state index contributed by atoms with van der Waals surface area (Å²) >= 11 is 0. The predicted octanol–water partition coefficient (Wildman–Crippen LogP) is 6.70. The van der Waals surface area contributed by atoms with Crippen LogP contribution < -0.4 is 0 Å². The molecular weight excluding hydrogens is 507 g/mol. The first-order valence-electron chi connectivity index (χ1n) is 13.1. The Kier molecular flexibility index (Phi) is 6.21. The van der Waals surface area contributed by atoms with E-state index < -0.39 is 53.3 Å². The Hall–Kier alpha value is -2.55. The van der Waals surface area contributed by atoms with Crippen LogP contribution in [0.25, 0.3) is 0 Å². The molecule has 0 spiro atoms. The topological polar surface area (TPSA) is 74.6 Å². The molecule has 9 heteroatoms. The van der Waals surface area contributed by atoms with Crippen molar-refractivity contribution in [2.45, 2.75) is 88.3 Å². The summed E-state index contributed by atoms with van der Waals surface area (Å²) in [5.74, 6) is -8.44. The number of carboxylic acid groups (broad SMARTS) is 1. The minimum atomic E-state index is -5.89. The summed E-state index contributed by atoms with van der Waals surface area (Å²) in [6, 6.07) is 6.74. The van der Waals surface area contributed by atoms with Gasteiger partial charge in [0.1, 0.15) is 5.60 Å². The molecule has 1 aromatic rings. The molecule has 4 aliphatic carbocycles. The number of hydrogen-bond donors (Lipinski definition) is 2. The summed E-state index contributed by atoms with van der Waals surface area (Å²) in [6.45, 7) is 2.93. The zero-order chi connectivity index (χ0) is 27.8. The van der Waals surface area contributed by atoms with E-state index in [1.807, 2.05) is 0 Å². The summed E-state index contributed by atoms with van der Waals surface area (Å²) in [4.78, 5) is 23.6. The molecule has 0 heterocycles. The van der Waals surface area contributed by atoms with Crippen LogP contribution in [0.3, 0.4) is 0 Å². The summed E-state index contributed by atoms with van der Waals surface area (Å²) in [5, 5.41) is 20.7. The summed E-state index contributed by atoms with van der Waals surface area (Å²) in [5.41, 5.74) is -0.862. The number of aliphatic carboxylic acids is 1. The Bertz CT molecular complexity index is 1230. The molecule has 0 bridgehead atoms. The van der Waals surface area contributed by atoms with Crippen LogP contribution in [0.4, 0.5) is 22.0 Å². The fraction of sp³-hybridized carbons (Fsp3) is 0.586. The molecule has 38 heavy (non-hydrogen) atoms. The number of fused-ring (bicyclic) bond motifs is 4. The van der Waals surface area contributed by atoms with E-state index in [2.05, 4.69) is 0 Å². The van der Waals surface area contributed by atoms with Gasteiger partial charge in [-0.25, -0.2) is 0 Å². The molecule has 0 radical (unpaired) electrons. The number of carboxylic acids is 1. The molecule has 1 aromatic carbocycles. The van der Waals surface area contributed by atoms with Crippen LogP contribution in [0.1, 0.15) is 81.8 Å². The van der Waals surface area contributed by atoms with Crippen molar-refractivity contribution in [1.29, 1.82) is 0 Å². The lowest BCUT2D eigenvalue weighted by molar-refractivity contribution is -0.362. The molecule has 2 N–H and O–H groups in total. The molecule has 5 rings (SSSR count). The van der Waals surface area contributed by atoms with Gasteiger partial charge < -0.3 is 10.2 Å². The molecule has 0 aromatic heterocycles. The first-order chi connectivity index (χ1) is 17.6. The SMILES string of the molecule is CC(C(=O)O)c1ccc([C@H]2C[C@@]3(C)[C@@H](CC[C@@]3(O)C(F)(F)C(F)(F)F)[C@@H]3CCC4=CC(=O)CCC4=C32)cc1. The lowest BCUT2D eigenvalue weighted by Crippen LogP contribution is -2.65. The smallest absolute Gasteiger partial charge is 0.456 e. The standard InChI is InChI=1S/C29H31F5O4/c1-15(25(36)37)16-3-5-17(6-4-16)22-14-26(2)23(11-12-27(26,38)28(30,31)29(32,33)34)21-9-7-18-13-19(35)8-10-20(18)24(21)22/h3-6,13,15,21-23,38H,7-12,14H2,1-2H3,(H,36,37)/t15?,21-,22+,23-,26-,27-/m0/s1. The molecule has 6 atom stereocenters. The second-order valence-corrected chi connectivity index (χ2v) is 11.7. The molecule has 2 saturated carbocycles. The molecule has 0 aliphatic heterocycles. The van der Waals surface area contributed by atoms with Gasteiger partial charge in [0.05, 0.1) is 5.92 Å². The highest BCUT2D eigenvalue weighted by Gasteiger charge is 2.79. The number of hydrogen-bond acceptors (Lipinski definition) is 3. The average molecular weight is 539 g/mol. The summed E-state index contributed by atoms with van der Waals surface area (Å²) in [7, 11) is 0. The first-order valence-corrected chi connectivity index (χ1v) is 13.1. The third-order valence-electron chi connectivity index (χ3n) is 9.97. The van der Waals surface area contributed by atoms with Crippen LogP contribution in [0.2, 0.25) is 0 Å². The highest BCUT2D eigenvalue weighted by atomic mass is 19.4. The van der Waals surface area contributed by atoms with Gasteiger partial charge in [-0.2, -0.15) is 22.0 Å². The van der Waals surface area contributed by atoms with Gasteiger partial charge in [-0.05, 0) is 85.6 Å². The van der Waals surface area contributed by atoms with Crippen molar-refractivity contribution >= 4 is 11.8 Å². The number of allylic oxidation sites excluding steroid dienone is 4. The van der Waals surface area contributed by atoms with E-state index in [9.17, 15) is 33.0 Å². The van der Waals surface area contributed by atoms with Crippen LogP contribution in [0.5, 0.6) is 0 Å². The molecule has 4 aliphatic rings. The van der Waals surface area contributed by atoms with E-state index in [0.29, 0.717) is 36.8 Å². The number of carbonyl (C=O) groups excluding carboxylic acids is 1. The number of alkyl halides is 5. The lowest BCUT2D eigenvalue weighted by atomic mass is 9.50. The zero-order valence-electron chi connectivity index (χ0n) is 21.2. The Labute approximate surface area is 217 Å². The molecule has 2 fully saturated rings. The van der Waals surface area contributed by atoms with Gasteiger partial charge >= 0.3 is 18.1 Å². The minimum Gasteiger partial charge on any atom is -0.481 e. The molecule has 1 unspecified atom stereocenters. The van der Waals surface area contributed by atoms with Gasteiger partial charge in [0.2, 0.25) is 0 Å². The van der Waals surface area contributed by atoms with Crippen LogP contribution in [-0.2, 0) is 9.59 Å². The number of aliphatic hydroxyl groups is 1. The second kappa shape index (κ2) is 8.73. The first kappa shape index (κ1) is 27.0. The Balaban J connectivity index is 1.66. The fourth-order valence-electron chi connectivity index (χ4n) is 7.87. The fourth-order valence-corrected chi connectivity index (χ4v) is 7.87. The van der Waals surface area contributed by atoms with E-state index in [4.69, 9.17) is 0 Å². The van der Waals surface area contributed by atoms with E-state index in [1.54, 1.807) is 37.3 Å². The van der Waals surface area contributed by atoms with Gasteiger partial charge in [0.25, 0.3) is 0 Å². The van der Waals surface area contributed by atoms with Crippen molar-refractivity contribution in [1.82, 2.24) is 0 Å². The quantitative estimate of drug-likeness (QED) is 0.418. The van der Waals surface area contributed by atoms with Crippen LogP contribution >= 0.6 is 0 Å². The van der Waals surface area contributed by atoms with Crippen molar-refractivity contribution in [2.24, 2.45) is 17.3 Å². The third-order valence-corrected chi connectivity index (χ3v) is 9.97. The number of ketones is 1. The van der Waals surface area contributed by atoms with Crippen LogP contribution in [-0.4, -0.2) is 39.7 Å².